The van der Waals surface area contributed by atoms with Crippen LogP contribution in [-0.4, -0.2) is 21.7 Å². The van der Waals surface area contributed by atoms with Crippen molar-refractivity contribution in [3.8, 4) is 0 Å². The molecule has 1 rings (SSSR count). The number of ether oxygens (including phenoxy) is 1. The molecule has 82 valence electrons. The van der Waals surface area contributed by atoms with Crippen LogP contribution in [0.4, 0.5) is 16.6 Å². The highest BCUT2D eigenvalue weighted by Crippen LogP contribution is 2.09. The molecule has 1 aromatic heterocycles. The van der Waals surface area contributed by atoms with Crippen LogP contribution in [0, 0.1) is 0 Å². The Labute approximate surface area is 87.9 Å². The van der Waals surface area contributed by atoms with Crippen LogP contribution in [0.1, 0.15) is 20.8 Å². The van der Waals surface area contributed by atoms with E-state index in [2.05, 4.69) is 15.3 Å². The van der Waals surface area contributed by atoms with Gasteiger partial charge in [-0.15, -0.1) is 0 Å². The second-order valence-electron chi connectivity index (χ2n) is 3.93. The summed E-state index contributed by atoms with van der Waals surface area (Å²) < 4.78 is 5.01. The van der Waals surface area contributed by atoms with Crippen LogP contribution in [0.2, 0.25) is 0 Å². The minimum Gasteiger partial charge on any atom is -0.444 e. The van der Waals surface area contributed by atoms with Gasteiger partial charge in [0, 0.05) is 6.20 Å². The highest BCUT2D eigenvalue weighted by Gasteiger charge is 2.16. The second-order valence-corrected chi connectivity index (χ2v) is 3.93. The standard InChI is InChI=1S/C9H14N4O2/c1-9(2,3)15-8(14)13-7-11-5-4-6(10)12-7/h4-5H,1-3H3,(H3,10,11,12,13,14). The van der Waals surface area contributed by atoms with E-state index in [1.165, 1.54) is 12.3 Å². The predicted octanol–water partition coefficient (Wildman–Crippen LogP) is 1.41. The summed E-state index contributed by atoms with van der Waals surface area (Å²) in [6, 6.07) is 1.53. The van der Waals surface area contributed by atoms with Gasteiger partial charge in [-0.2, -0.15) is 4.98 Å². The van der Waals surface area contributed by atoms with E-state index in [9.17, 15) is 4.79 Å². The smallest absolute Gasteiger partial charge is 0.414 e. The quantitative estimate of drug-likeness (QED) is 0.731. The molecule has 0 aliphatic rings. The van der Waals surface area contributed by atoms with E-state index < -0.39 is 11.7 Å². The molecule has 1 heterocycles. The molecule has 15 heavy (non-hydrogen) atoms. The number of nitrogen functional groups attached to an aromatic ring is 1. The van der Waals surface area contributed by atoms with Crippen molar-refractivity contribution in [3.63, 3.8) is 0 Å². The van der Waals surface area contributed by atoms with Gasteiger partial charge in [0.25, 0.3) is 0 Å². The van der Waals surface area contributed by atoms with Gasteiger partial charge >= 0.3 is 6.09 Å². The summed E-state index contributed by atoms with van der Waals surface area (Å²) >= 11 is 0. The summed E-state index contributed by atoms with van der Waals surface area (Å²) in [5.41, 5.74) is 4.87. The van der Waals surface area contributed by atoms with E-state index in [1.807, 2.05) is 0 Å². The summed E-state index contributed by atoms with van der Waals surface area (Å²) in [5, 5.41) is 2.38. The number of nitrogens with two attached hydrogens (primary N) is 1. The molecule has 0 aliphatic carbocycles. The zero-order chi connectivity index (χ0) is 11.5. The Morgan fingerprint density at radius 1 is 1.53 bits per heavy atom. The summed E-state index contributed by atoms with van der Waals surface area (Å²) in [4.78, 5) is 18.9. The molecule has 0 aliphatic heterocycles. The third-order valence-corrected chi connectivity index (χ3v) is 1.29. The van der Waals surface area contributed by atoms with Gasteiger partial charge in [-0.1, -0.05) is 0 Å². The maximum Gasteiger partial charge on any atom is 0.414 e. The normalized spacial score (nSPS) is 10.9. The summed E-state index contributed by atoms with van der Waals surface area (Å²) in [5.74, 6) is 0.417. The number of rotatable bonds is 1. The fraction of sp³-hybridized carbons (Fsp3) is 0.444. The summed E-state index contributed by atoms with van der Waals surface area (Å²) in [7, 11) is 0. The highest BCUT2D eigenvalue weighted by atomic mass is 16.6. The average Bonchev–Trinajstić information content (AvgIpc) is 1.99. The number of carbonyl (C=O) groups excluding carboxylic acids is 1. The maximum atomic E-state index is 11.3. The third-order valence-electron chi connectivity index (χ3n) is 1.29. The average molecular weight is 210 g/mol. The van der Waals surface area contributed by atoms with Crippen LogP contribution in [-0.2, 0) is 4.74 Å². The number of carbonyl (C=O) groups is 1. The van der Waals surface area contributed by atoms with Crippen molar-refractivity contribution < 1.29 is 9.53 Å². The number of anilines is 2. The van der Waals surface area contributed by atoms with Gasteiger partial charge in [0.1, 0.15) is 11.4 Å². The molecule has 6 heteroatoms. The Bertz CT molecular complexity index is 359. The maximum absolute atomic E-state index is 11.3. The van der Waals surface area contributed by atoms with E-state index >= 15 is 0 Å². The molecule has 0 bridgehead atoms. The Kier molecular flexibility index (Phi) is 3.08. The first-order valence-electron chi connectivity index (χ1n) is 4.45. The van der Waals surface area contributed by atoms with E-state index in [4.69, 9.17) is 10.5 Å². The molecular formula is C9H14N4O2. The lowest BCUT2D eigenvalue weighted by Crippen LogP contribution is -2.27. The Morgan fingerprint density at radius 3 is 2.73 bits per heavy atom. The molecule has 0 radical (unpaired) electrons. The molecule has 0 aromatic carbocycles. The molecule has 0 fully saturated rings. The van der Waals surface area contributed by atoms with E-state index in [1.54, 1.807) is 20.8 Å². The molecule has 0 spiro atoms. The van der Waals surface area contributed by atoms with Gasteiger partial charge in [-0.25, -0.2) is 9.78 Å². The predicted molar refractivity (Wildman–Crippen MR) is 56.3 cm³/mol. The van der Waals surface area contributed by atoms with Crippen molar-refractivity contribution >= 4 is 17.9 Å². The second kappa shape index (κ2) is 4.12. The van der Waals surface area contributed by atoms with Crippen LogP contribution in [0.5, 0.6) is 0 Å². The van der Waals surface area contributed by atoms with Gasteiger partial charge in [-0.05, 0) is 26.8 Å². The largest absolute Gasteiger partial charge is 0.444 e. The molecule has 1 aromatic rings. The van der Waals surface area contributed by atoms with Crippen molar-refractivity contribution in [3.05, 3.63) is 12.3 Å². The first-order chi connectivity index (χ1) is 6.87. The Hall–Kier alpha value is -1.85. The van der Waals surface area contributed by atoms with Crippen LogP contribution in [0.25, 0.3) is 0 Å². The van der Waals surface area contributed by atoms with Crippen molar-refractivity contribution in [1.29, 1.82) is 0 Å². The summed E-state index contributed by atoms with van der Waals surface area (Å²) in [6.45, 7) is 5.31. The van der Waals surface area contributed by atoms with Crippen molar-refractivity contribution in [1.82, 2.24) is 9.97 Å². The number of hydrogen-bond acceptors (Lipinski definition) is 5. The van der Waals surface area contributed by atoms with Gasteiger partial charge in [0.2, 0.25) is 5.95 Å². The van der Waals surface area contributed by atoms with Crippen molar-refractivity contribution in [2.24, 2.45) is 0 Å². The van der Waals surface area contributed by atoms with Gasteiger partial charge in [0.15, 0.2) is 0 Å². The minimum absolute atomic E-state index is 0.129. The van der Waals surface area contributed by atoms with Crippen LogP contribution >= 0.6 is 0 Å². The van der Waals surface area contributed by atoms with Crippen LogP contribution in [0.15, 0.2) is 12.3 Å². The zero-order valence-corrected chi connectivity index (χ0v) is 8.94. The third kappa shape index (κ3) is 4.26. The summed E-state index contributed by atoms with van der Waals surface area (Å²) in [6.07, 6.45) is 0.850. The minimum atomic E-state index is -0.604. The fourth-order valence-electron chi connectivity index (χ4n) is 0.828. The monoisotopic (exact) mass is 210 g/mol. The van der Waals surface area contributed by atoms with E-state index in [-0.39, 0.29) is 11.8 Å². The first kappa shape index (κ1) is 11.2. The highest BCUT2D eigenvalue weighted by molar-refractivity contribution is 5.82. The first-order valence-corrected chi connectivity index (χ1v) is 4.45. The lowest BCUT2D eigenvalue weighted by molar-refractivity contribution is 0.0634. The number of nitrogens with one attached hydrogen (secondary N) is 1. The molecule has 3 N–H and O–H groups in total. The van der Waals surface area contributed by atoms with Crippen LogP contribution < -0.4 is 11.1 Å². The topological polar surface area (TPSA) is 90.1 Å². The lowest BCUT2D eigenvalue weighted by Gasteiger charge is -2.19. The van der Waals surface area contributed by atoms with E-state index in [0.717, 1.165) is 0 Å². The Balaban J connectivity index is 2.59. The fourth-order valence-corrected chi connectivity index (χ4v) is 0.828. The van der Waals surface area contributed by atoms with E-state index in [0.29, 0.717) is 0 Å². The van der Waals surface area contributed by atoms with Crippen molar-refractivity contribution in [2.45, 2.75) is 26.4 Å². The lowest BCUT2D eigenvalue weighted by atomic mass is 10.2. The van der Waals surface area contributed by atoms with Gasteiger partial charge in [-0.3, -0.25) is 5.32 Å². The zero-order valence-electron chi connectivity index (χ0n) is 8.94. The number of nitrogens with zero attached hydrogens (tertiary/aromatic N) is 2. The molecular weight excluding hydrogens is 196 g/mol. The SMILES string of the molecule is CC(C)(C)OC(=O)Nc1nccc(N)n1. The number of aromatic nitrogens is 2. The molecule has 1 amide bonds. The van der Waals surface area contributed by atoms with Crippen molar-refractivity contribution in [2.75, 3.05) is 11.1 Å². The van der Waals surface area contributed by atoms with Gasteiger partial charge < -0.3 is 10.5 Å². The molecule has 0 saturated heterocycles. The molecule has 6 nitrogen and oxygen atoms in total. The van der Waals surface area contributed by atoms with Gasteiger partial charge in [0.05, 0.1) is 0 Å². The number of hydrogen-bond donors (Lipinski definition) is 2. The molecule has 0 atom stereocenters. The van der Waals surface area contributed by atoms with Crippen LogP contribution in [0.3, 0.4) is 0 Å². The number of amides is 1. The Morgan fingerprint density at radius 2 is 2.20 bits per heavy atom. The molecule has 0 saturated carbocycles. The molecule has 0 unspecified atom stereocenters.